The third-order valence-electron chi connectivity index (χ3n) is 3.26. The largest absolute Gasteiger partial charge is 0.384 e. The monoisotopic (exact) mass is 357 g/mol. The van der Waals surface area contributed by atoms with Crippen LogP contribution in [0.4, 0.5) is 5.82 Å². The Morgan fingerprint density at radius 2 is 2.15 bits per heavy atom. The van der Waals surface area contributed by atoms with Crippen molar-refractivity contribution in [1.82, 2.24) is 10.2 Å². The number of H-pyrrole nitrogens is 1. The molecule has 3 N–H and O–H groups in total. The average molecular weight is 358 g/mol. The number of nitrogens with one attached hydrogen (secondary N) is 1. The van der Waals surface area contributed by atoms with Crippen LogP contribution in [0.1, 0.15) is 0 Å². The van der Waals surface area contributed by atoms with E-state index in [4.69, 9.17) is 10.5 Å². The van der Waals surface area contributed by atoms with Crippen LogP contribution >= 0.6 is 15.9 Å². The van der Waals surface area contributed by atoms with Crippen LogP contribution in [-0.2, 0) is 14.6 Å². The molecule has 20 heavy (non-hydrogen) atoms. The quantitative estimate of drug-likeness (QED) is 0.868. The van der Waals surface area contributed by atoms with Crippen molar-refractivity contribution in [2.24, 2.45) is 0 Å². The average Bonchev–Trinajstić information content (AvgIpc) is 2.71. The summed E-state index contributed by atoms with van der Waals surface area (Å²) in [7, 11) is -3.36. The summed E-state index contributed by atoms with van der Waals surface area (Å²) in [6.07, 6.45) is 1.60. The Hall–Kier alpha value is -1.38. The van der Waals surface area contributed by atoms with Crippen molar-refractivity contribution in [3.63, 3.8) is 0 Å². The number of rotatable bonds is 3. The highest BCUT2D eigenvalue weighted by molar-refractivity contribution is 9.10. The van der Waals surface area contributed by atoms with Crippen LogP contribution in [0.3, 0.4) is 0 Å². The Morgan fingerprint density at radius 1 is 1.40 bits per heavy atom. The lowest BCUT2D eigenvalue weighted by atomic mass is 10.1. The molecule has 0 unspecified atom stereocenters. The molecule has 2 aromatic rings. The molecule has 6 nitrogen and oxygen atoms in total. The predicted octanol–water partition coefficient (Wildman–Crippen LogP) is 1.59. The molecule has 1 aliphatic rings. The first kappa shape index (κ1) is 13.6. The van der Waals surface area contributed by atoms with E-state index in [1.807, 2.05) is 0 Å². The van der Waals surface area contributed by atoms with Gasteiger partial charge in [-0.25, -0.2) is 8.42 Å². The molecule has 1 fully saturated rings. The molecule has 0 bridgehead atoms. The molecule has 1 aliphatic heterocycles. The van der Waals surface area contributed by atoms with Gasteiger partial charge in [0.1, 0.15) is 11.1 Å². The molecule has 1 aromatic carbocycles. The molecule has 3 rings (SSSR count). The zero-order chi connectivity index (χ0) is 14.3. The summed E-state index contributed by atoms with van der Waals surface area (Å²) in [6, 6.07) is 5.03. The molecule has 8 heteroatoms. The van der Waals surface area contributed by atoms with Gasteiger partial charge in [-0.2, -0.15) is 5.10 Å². The first-order valence-electron chi connectivity index (χ1n) is 5.90. The van der Waals surface area contributed by atoms with E-state index >= 15 is 0 Å². The lowest BCUT2D eigenvalue weighted by Gasteiger charge is -2.26. The van der Waals surface area contributed by atoms with Gasteiger partial charge in [-0.15, -0.1) is 0 Å². The third kappa shape index (κ3) is 2.13. The third-order valence-corrected chi connectivity index (χ3v) is 6.30. The number of aromatic nitrogens is 2. The minimum absolute atomic E-state index is 0.255. The normalized spacial score (nSPS) is 16.1. The van der Waals surface area contributed by atoms with Crippen molar-refractivity contribution in [2.45, 2.75) is 10.1 Å². The highest BCUT2D eigenvalue weighted by Crippen LogP contribution is 2.33. The Kier molecular flexibility index (Phi) is 3.31. The van der Waals surface area contributed by atoms with E-state index in [0.717, 1.165) is 11.1 Å². The number of sulfone groups is 1. The number of halogens is 1. The second kappa shape index (κ2) is 4.87. The fourth-order valence-electron chi connectivity index (χ4n) is 2.00. The van der Waals surface area contributed by atoms with Crippen molar-refractivity contribution in [2.75, 3.05) is 18.9 Å². The van der Waals surface area contributed by atoms with E-state index in [1.54, 1.807) is 24.4 Å². The highest BCUT2D eigenvalue weighted by Gasteiger charge is 2.35. The van der Waals surface area contributed by atoms with Gasteiger partial charge < -0.3 is 10.5 Å². The summed E-state index contributed by atoms with van der Waals surface area (Å²) in [5, 5.41) is 6.04. The van der Waals surface area contributed by atoms with Gasteiger partial charge in [0.05, 0.1) is 24.3 Å². The molecule has 2 heterocycles. The maximum atomic E-state index is 12.3. The summed E-state index contributed by atoms with van der Waals surface area (Å²) >= 11 is 3.32. The lowest BCUT2D eigenvalue weighted by molar-refractivity contribution is 0.0416. The zero-order valence-electron chi connectivity index (χ0n) is 10.3. The molecular weight excluding hydrogens is 346 g/mol. The molecule has 0 atom stereocenters. The molecule has 0 spiro atoms. The maximum absolute atomic E-state index is 12.3. The van der Waals surface area contributed by atoms with Gasteiger partial charge in [-0.1, -0.05) is 6.07 Å². The number of hydrogen-bond donors (Lipinski definition) is 2. The SMILES string of the molecule is Nc1[nH]ncc1-c1ccc(S(=O)(=O)C2COC2)c(Br)c1. The van der Waals surface area contributed by atoms with Crippen molar-refractivity contribution >= 4 is 31.6 Å². The number of anilines is 1. The predicted molar refractivity (Wildman–Crippen MR) is 77.9 cm³/mol. The minimum atomic E-state index is -3.36. The van der Waals surface area contributed by atoms with Crippen LogP contribution in [0.15, 0.2) is 33.8 Å². The summed E-state index contributed by atoms with van der Waals surface area (Å²) in [4.78, 5) is 0.275. The van der Waals surface area contributed by atoms with Gasteiger partial charge in [0.15, 0.2) is 9.84 Å². The van der Waals surface area contributed by atoms with E-state index < -0.39 is 15.1 Å². The van der Waals surface area contributed by atoms with Crippen LogP contribution in [0.2, 0.25) is 0 Å². The van der Waals surface area contributed by atoms with Gasteiger partial charge in [-0.3, -0.25) is 5.10 Å². The fraction of sp³-hybridized carbons (Fsp3) is 0.250. The standard InChI is InChI=1S/C12H12BrN3O3S/c13-10-3-7(9-4-15-16-12(9)14)1-2-11(10)20(17,18)8-5-19-6-8/h1-4,8H,5-6H2,(H3,14,15,16). The highest BCUT2D eigenvalue weighted by atomic mass is 79.9. The smallest absolute Gasteiger partial charge is 0.186 e. The second-order valence-corrected chi connectivity index (χ2v) is 7.60. The van der Waals surface area contributed by atoms with E-state index in [-0.39, 0.29) is 18.1 Å². The van der Waals surface area contributed by atoms with Gasteiger partial charge in [-0.05, 0) is 33.6 Å². The molecule has 1 saturated heterocycles. The summed E-state index contributed by atoms with van der Waals surface area (Å²) in [5.74, 6) is 0.444. The Bertz CT molecular complexity index is 753. The molecule has 0 aliphatic carbocycles. The molecule has 106 valence electrons. The van der Waals surface area contributed by atoms with Crippen molar-refractivity contribution in [3.8, 4) is 11.1 Å². The van der Waals surface area contributed by atoms with Crippen LogP contribution in [0, 0.1) is 0 Å². The minimum Gasteiger partial charge on any atom is -0.384 e. The van der Waals surface area contributed by atoms with Crippen LogP contribution < -0.4 is 5.73 Å². The Morgan fingerprint density at radius 3 is 2.65 bits per heavy atom. The van der Waals surface area contributed by atoms with E-state index in [2.05, 4.69) is 26.1 Å². The van der Waals surface area contributed by atoms with Gasteiger partial charge in [0, 0.05) is 10.0 Å². The summed E-state index contributed by atoms with van der Waals surface area (Å²) < 4.78 is 30.2. The Labute approximate surface area is 124 Å². The lowest BCUT2D eigenvalue weighted by Crippen LogP contribution is -2.40. The van der Waals surface area contributed by atoms with Crippen LogP contribution in [-0.4, -0.2) is 37.1 Å². The zero-order valence-corrected chi connectivity index (χ0v) is 12.7. The molecular formula is C12H12BrN3O3S. The molecule has 0 radical (unpaired) electrons. The summed E-state index contributed by atoms with van der Waals surface area (Å²) in [5.41, 5.74) is 7.29. The number of benzene rings is 1. The van der Waals surface area contributed by atoms with Crippen molar-refractivity contribution < 1.29 is 13.2 Å². The summed E-state index contributed by atoms with van der Waals surface area (Å²) in [6.45, 7) is 0.510. The Balaban J connectivity index is 2.02. The first-order chi connectivity index (χ1) is 9.50. The second-order valence-electron chi connectivity index (χ2n) is 4.55. The molecule has 0 saturated carbocycles. The van der Waals surface area contributed by atoms with Crippen LogP contribution in [0.25, 0.3) is 11.1 Å². The topological polar surface area (TPSA) is 98.1 Å². The van der Waals surface area contributed by atoms with Crippen molar-refractivity contribution in [1.29, 1.82) is 0 Å². The number of hydrogen-bond acceptors (Lipinski definition) is 5. The number of ether oxygens (including phenoxy) is 1. The van der Waals surface area contributed by atoms with E-state index in [9.17, 15) is 8.42 Å². The number of nitrogen functional groups attached to an aromatic ring is 1. The number of nitrogens with zero attached hydrogens (tertiary/aromatic N) is 1. The van der Waals surface area contributed by atoms with Crippen molar-refractivity contribution in [3.05, 3.63) is 28.9 Å². The van der Waals surface area contributed by atoms with Gasteiger partial charge >= 0.3 is 0 Å². The number of aromatic amines is 1. The maximum Gasteiger partial charge on any atom is 0.186 e. The van der Waals surface area contributed by atoms with E-state index in [0.29, 0.717) is 10.3 Å². The van der Waals surface area contributed by atoms with Gasteiger partial charge in [0.2, 0.25) is 0 Å². The van der Waals surface area contributed by atoms with E-state index in [1.165, 1.54) is 0 Å². The molecule has 0 amide bonds. The van der Waals surface area contributed by atoms with Gasteiger partial charge in [0.25, 0.3) is 0 Å². The van der Waals surface area contributed by atoms with Crippen LogP contribution in [0.5, 0.6) is 0 Å². The molecule has 1 aromatic heterocycles. The first-order valence-corrected chi connectivity index (χ1v) is 8.24. The number of nitrogens with two attached hydrogens (primary N) is 1. The fourth-order valence-corrected chi connectivity index (χ4v) is 4.55.